The molecular formula is C18H21N5O. The van der Waals surface area contributed by atoms with Gasteiger partial charge in [-0.2, -0.15) is 0 Å². The smallest absolute Gasteiger partial charge is 0.234 e. The first kappa shape index (κ1) is 15.2. The molecule has 2 aromatic heterocycles. The monoisotopic (exact) mass is 323 g/mol. The minimum absolute atomic E-state index is 0.230. The maximum Gasteiger partial charge on any atom is 0.234 e. The van der Waals surface area contributed by atoms with Gasteiger partial charge in [0.05, 0.1) is 23.5 Å². The predicted molar refractivity (Wildman–Crippen MR) is 90.2 cm³/mol. The van der Waals surface area contributed by atoms with E-state index >= 15 is 0 Å². The van der Waals surface area contributed by atoms with Gasteiger partial charge < -0.3 is 4.90 Å². The number of hydrogen-bond donors (Lipinski definition) is 0. The van der Waals surface area contributed by atoms with Gasteiger partial charge in [-0.05, 0) is 37.4 Å². The first-order valence-electron chi connectivity index (χ1n) is 8.45. The van der Waals surface area contributed by atoms with Crippen LogP contribution < -0.4 is 4.90 Å². The molecule has 1 atom stereocenters. The molecule has 4 heterocycles. The van der Waals surface area contributed by atoms with Crippen LogP contribution in [0.1, 0.15) is 24.8 Å². The van der Waals surface area contributed by atoms with Gasteiger partial charge in [0.2, 0.25) is 5.91 Å². The van der Waals surface area contributed by atoms with Crippen molar-refractivity contribution in [2.45, 2.75) is 25.8 Å². The van der Waals surface area contributed by atoms with Gasteiger partial charge in [0.25, 0.3) is 0 Å². The molecule has 0 bridgehead atoms. The molecule has 0 aromatic carbocycles. The van der Waals surface area contributed by atoms with Crippen LogP contribution in [0.2, 0.25) is 0 Å². The zero-order valence-electron chi connectivity index (χ0n) is 13.6. The number of rotatable bonds is 3. The summed E-state index contributed by atoms with van der Waals surface area (Å²) in [5.74, 6) is 0.230. The Morgan fingerprint density at radius 2 is 1.96 bits per heavy atom. The second-order valence-electron chi connectivity index (χ2n) is 6.76. The van der Waals surface area contributed by atoms with Crippen molar-refractivity contribution >= 4 is 11.6 Å². The van der Waals surface area contributed by atoms with Crippen LogP contribution >= 0.6 is 0 Å². The number of nitrogens with zero attached hydrogens (tertiary/aromatic N) is 5. The molecule has 2 aromatic rings. The third-order valence-electron chi connectivity index (χ3n) is 5.16. The number of amides is 1. The van der Waals surface area contributed by atoms with E-state index in [0.29, 0.717) is 0 Å². The molecule has 124 valence electrons. The van der Waals surface area contributed by atoms with Gasteiger partial charge in [0.15, 0.2) is 0 Å². The Kier molecular flexibility index (Phi) is 3.98. The molecule has 1 amide bonds. The van der Waals surface area contributed by atoms with Crippen molar-refractivity contribution in [1.82, 2.24) is 19.9 Å². The van der Waals surface area contributed by atoms with Gasteiger partial charge in [0, 0.05) is 32.0 Å². The van der Waals surface area contributed by atoms with E-state index in [9.17, 15) is 4.79 Å². The molecule has 0 unspecified atom stereocenters. The summed E-state index contributed by atoms with van der Waals surface area (Å²) in [7, 11) is 0. The minimum Gasteiger partial charge on any atom is -0.309 e. The van der Waals surface area contributed by atoms with Crippen LogP contribution in [0, 0.1) is 5.41 Å². The Morgan fingerprint density at radius 1 is 1.08 bits per heavy atom. The standard InChI is InChI=1S/C18H21N5O/c24-17-18(5-8-23(17)16-10-20-14-21-11-16)4-2-7-22(13-18)12-15-3-1-6-19-9-15/h1,3,6,9-11,14H,2,4-5,7-8,12-13H2/t18-/m1/s1. The molecule has 6 nitrogen and oxygen atoms in total. The molecule has 1 spiro atoms. The van der Waals surface area contributed by atoms with Gasteiger partial charge in [-0.3, -0.25) is 14.7 Å². The lowest BCUT2D eigenvalue weighted by Crippen LogP contribution is -2.47. The largest absolute Gasteiger partial charge is 0.309 e. The van der Waals surface area contributed by atoms with E-state index in [-0.39, 0.29) is 11.3 Å². The topological polar surface area (TPSA) is 62.2 Å². The molecule has 2 aliphatic rings. The molecule has 0 N–H and O–H groups in total. The molecule has 4 rings (SSSR count). The highest BCUT2D eigenvalue weighted by Gasteiger charge is 2.49. The zero-order valence-corrected chi connectivity index (χ0v) is 13.6. The van der Waals surface area contributed by atoms with Gasteiger partial charge in [-0.15, -0.1) is 0 Å². The molecule has 2 saturated heterocycles. The van der Waals surface area contributed by atoms with Crippen LogP contribution in [0.4, 0.5) is 5.69 Å². The molecule has 2 fully saturated rings. The van der Waals surface area contributed by atoms with E-state index in [1.807, 2.05) is 17.2 Å². The Bertz CT molecular complexity index is 708. The highest BCUT2D eigenvalue weighted by Crippen LogP contribution is 2.41. The van der Waals surface area contributed by atoms with Gasteiger partial charge in [-0.1, -0.05) is 6.07 Å². The highest BCUT2D eigenvalue weighted by molar-refractivity contribution is 5.99. The van der Waals surface area contributed by atoms with Gasteiger partial charge in [-0.25, -0.2) is 9.97 Å². The summed E-state index contributed by atoms with van der Waals surface area (Å²) in [6.07, 6.45) is 11.6. The quantitative estimate of drug-likeness (QED) is 0.863. The second-order valence-corrected chi connectivity index (χ2v) is 6.76. The van der Waals surface area contributed by atoms with Gasteiger partial charge in [0.1, 0.15) is 6.33 Å². The summed E-state index contributed by atoms with van der Waals surface area (Å²) < 4.78 is 0. The van der Waals surface area contributed by atoms with Crippen molar-refractivity contribution in [1.29, 1.82) is 0 Å². The number of piperidine rings is 1. The fourth-order valence-electron chi connectivity index (χ4n) is 3.99. The van der Waals surface area contributed by atoms with Crippen LogP contribution in [-0.2, 0) is 11.3 Å². The van der Waals surface area contributed by atoms with Crippen molar-refractivity contribution in [3.05, 3.63) is 48.8 Å². The van der Waals surface area contributed by atoms with Crippen molar-refractivity contribution in [2.24, 2.45) is 5.41 Å². The lowest BCUT2D eigenvalue weighted by Gasteiger charge is -2.39. The number of hydrogen-bond acceptors (Lipinski definition) is 5. The molecule has 24 heavy (non-hydrogen) atoms. The van der Waals surface area contributed by atoms with Crippen LogP contribution in [0.5, 0.6) is 0 Å². The first-order chi connectivity index (χ1) is 11.8. The van der Waals surface area contributed by atoms with E-state index in [1.165, 1.54) is 11.9 Å². The summed E-state index contributed by atoms with van der Waals surface area (Å²) in [6.45, 7) is 3.48. The molecule has 0 radical (unpaired) electrons. The van der Waals surface area contributed by atoms with E-state index in [2.05, 4.69) is 25.9 Å². The third-order valence-corrected chi connectivity index (χ3v) is 5.16. The molecule has 2 aliphatic heterocycles. The Labute approximate surface area is 141 Å². The van der Waals surface area contributed by atoms with Crippen LogP contribution in [-0.4, -0.2) is 45.4 Å². The lowest BCUT2D eigenvalue weighted by atomic mass is 9.78. The number of aromatic nitrogens is 3. The minimum atomic E-state index is -0.254. The van der Waals surface area contributed by atoms with Crippen LogP contribution in [0.15, 0.2) is 43.2 Å². The average molecular weight is 323 g/mol. The Morgan fingerprint density at radius 3 is 2.75 bits per heavy atom. The fourth-order valence-corrected chi connectivity index (χ4v) is 3.99. The normalized spacial score (nSPS) is 24.7. The summed E-state index contributed by atoms with van der Waals surface area (Å²) in [5, 5.41) is 0. The zero-order chi connectivity index (χ0) is 16.4. The number of anilines is 1. The average Bonchev–Trinajstić information content (AvgIpc) is 2.93. The summed E-state index contributed by atoms with van der Waals surface area (Å²) in [6, 6.07) is 4.06. The number of carbonyl (C=O) groups is 1. The summed E-state index contributed by atoms with van der Waals surface area (Å²) in [4.78, 5) is 29.6. The third kappa shape index (κ3) is 2.78. The molecule has 0 saturated carbocycles. The number of carbonyl (C=O) groups excluding carboxylic acids is 1. The predicted octanol–water partition coefficient (Wildman–Crippen LogP) is 1.89. The second kappa shape index (κ2) is 6.28. The van der Waals surface area contributed by atoms with E-state index in [4.69, 9.17) is 0 Å². The number of pyridine rings is 1. The summed E-state index contributed by atoms with van der Waals surface area (Å²) in [5.41, 5.74) is 1.76. The fraction of sp³-hybridized carbons (Fsp3) is 0.444. The van der Waals surface area contributed by atoms with Crippen molar-refractivity contribution < 1.29 is 4.79 Å². The maximum absolute atomic E-state index is 13.1. The molecule has 0 aliphatic carbocycles. The molecular weight excluding hydrogens is 302 g/mol. The van der Waals surface area contributed by atoms with Crippen molar-refractivity contribution in [3.8, 4) is 0 Å². The summed E-state index contributed by atoms with van der Waals surface area (Å²) >= 11 is 0. The molecule has 6 heteroatoms. The van der Waals surface area contributed by atoms with E-state index < -0.39 is 0 Å². The SMILES string of the molecule is O=C1N(c2cncnc2)CC[C@@]12CCCN(Cc1cccnc1)C2. The Hall–Kier alpha value is -2.34. The highest BCUT2D eigenvalue weighted by atomic mass is 16.2. The maximum atomic E-state index is 13.1. The van der Waals surface area contributed by atoms with Crippen molar-refractivity contribution in [3.63, 3.8) is 0 Å². The van der Waals surface area contributed by atoms with Crippen LogP contribution in [0.3, 0.4) is 0 Å². The number of likely N-dealkylation sites (tertiary alicyclic amines) is 1. The van der Waals surface area contributed by atoms with Gasteiger partial charge >= 0.3 is 0 Å². The van der Waals surface area contributed by atoms with Crippen molar-refractivity contribution in [2.75, 3.05) is 24.5 Å². The van der Waals surface area contributed by atoms with Crippen LogP contribution in [0.25, 0.3) is 0 Å². The Balaban J connectivity index is 1.50. The van der Waals surface area contributed by atoms with E-state index in [0.717, 1.165) is 51.1 Å². The first-order valence-corrected chi connectivity index (χ1v) is 8.45. The van der Waals surface area contributed by atoms with E-state index in [1.54, 1.807) is 18.6 Å². The lowest BCUT2D eigenvalue weighted by molar-refractivity contribution is -0.128.